The number of aryl methyl sites for hydroxylation is 1. The number of carbonyl (C=O) groups excluding carboxylic acids is 2. The Hall–Kier alpha value is -2.13. The van der Waals surface area contributed by atoms with Crippen molar-refractivity contribution in [3.63, 3.8) is 0 Å². The molecule has 0 aliphatic rings. The number of methoxy groups -OCH3 is 1. The summed E-state index contributed by atoms with van der Waals surface area (Å²) in [5, 5.41) is 0. The van der Waals surface area contributed by atoms with Crippen molar-refractivity contribution in [3.8, 4) is 0 Å². The molecule has 0 radical (unpaired) electrons. The van der Waals surface area contributed by atoms with Crippen LogP contribution in [0.1, 0.15) is 12.5 Å². The Labute approximate surface area is 122 Å². The topological polar surface area (TPSA) is 111 Å². The molecule has 0 aliphatic heterocycles. The molecular weight excluding hydrogens is 300 g/mol. The van der Waals surface area contributed by atoms with Crippen LogP contribution in [0.5, 0.6) is 0 Å². The first-order chi connectivity index (χ1) is 9.76. The number of amides is 2. The summed E-state index contributed by atoms with van der Waals surface area (Å²) in [6.45, 7) is 3.14. The highest BCUT2D eigenvalue weighted by Crippen LogP contribution is 2.09. The Bertz CT molecular complexity index is 611. The molecule has 8 nitrogen and oxygen atoms in total. The van der Waals surface area contributed by atoms with E-state index in [4.69, 9.17) is 0 Å². The highest BCUT2D eigenvalue weighted by molar-refractivity contribution is 7.90. The van der Waals surface area contributed by atoms with E-state index in [0.717, 1.165) is 12.7 Å². The molecule has 9 heteroatoms. The molecule has 1 aromatic rings. The van der Waals surface area contributed by atoms with Crippen LogP contribution in [-0.2, 0) is 24.4 Å². The largest absolute Gasteiger partial charge is 0.467 e. The van der Waals surface area contributed by atoms with Crippen molar-refractivity contribution in [2.45, 2.75) is 24.8 Å². The normalized spacial score (nSPS) is 12.3. The van der Waals surface area contributed by atoms with Crippen LogP contribution in [-0.4, -0.2) is 33.6 Å². The molecule has 0 saturated heterocycles. The summed E-state index contributed by atoms with van der Waals surface area (Å²) >= 11 is 0. The van der Waals surface area contributed by atoms with E-state index in [1.54, 1.807) is 29.3 Å². The van der Waals surface area contributed by atoms with E-state index in [-0.39, 0.29) is 4.90 Å². The minimum atomic E-state index is -4.01. The number of rotatable bonds is 5. The first-order valence-corrected chi connectivity index (χ1v) is 7.37. The van der Waals surface area contributed by atoms with Gasteiger partial charge in [0.1, 0.15) is 0 Å². The van der Waals surface area contributed by atoms with E-state index >= 15 is 0 Å². The average Bonchev–Trinajstić information content (AvgIpc) is 2.43. The predicted octanol–water partition coefficient (Wildman–Crippen LogP) is 0.476. The standard InChI is InChI=1S/C12H16N2O6S/c1-8-4-6-10(7-5-8)21(17,18)14-12(16)13-20-9(2)11(15)19-3/h4-7,9H,1-3H3,(H2,13,14,16). The Morgan fingerprint density at radius 2 is 1.76 bits per heavy atom. The number of hydroxylamine groups is 1. The highest BCUT2D eigenvalue weighted by atomic mass is 32.2. The minimum absolute atomic E-state index is 0.0655. The zero-order valence-corrected chi connectivity index (χ0v) is 12.6. The maximum absolute atomic E-state index is 11.9. The molecule has 2 amide bonds. The van der Waals surface area contributed by atoms with Crippen LogP contribution in [0.3, 0.4) is 0 Å². The number of nitrogens with one attached hydrogen (secondary N) is 2. The molecule has 0 spiro atoms. The molecule has 0 aliphatic carbocycles. The number of hydrogen-bond acceptors (Lipinski definition) is 6. The summed E-state index contributed by atoms with van der Waals surface area (Å²) < 4.78 is 29.9. The fraction of sp³-hybridized carbons (Fsp3) is 0.333. The first kappa shape index (κ1) is 16.9. The SMILES string of the molecule is COC(=O)C(C)ONC(=O)NS(=O)(=O)c1ccc(C)cc1. The van der Waals surface area contributed by atoms with Gasteiger partial charge in [-0.1, -0.05) is 17.7 Å². The molecular formula is C12H16N2O6S. The van der Waals surface area contributed by atoms with E-state index in [0.29, 0.717) is 0 Å². The van der Waals surface area contributed by atoms with Gasteiger partial charge in [0.2, 0.25) is 0 Å². The van der Waals surface area contributed by atoms with E-state index in [1.165, 1.54) is 19.1 Å². The van der Waals surface area contributed by atoms with Crippen molar-refractivity contribution in [2.24, 2.45) is 0 Å². The Morgan fingerprint density at radius 3 is 2.29 bits per heavy atom. The van der Waals surface area contributed by atoms with Gasteiger partial charge in [-0.05, 0) is 26.0 Å². The summed E-state index contributed by atoms with van der Waals surface area (Å²) in [6, 6.07) is 4.81. The van der Waals surface area contributed by atoms with Crippen molar-refractivity contribution in [2.75, 3.05) is 7.11 Å². The smallest absolute Gasteiger partial charge is 0.352 e. The number of sulfonamides is 1. The quantitative estimate of drug-likeness (QED) is 0.603. The van der Waals surface area contributed by atoms with Crippen LogP contribution >= 0.6 is 0 Å². The maximum Gasteiger partial charge on any atom is 0.352 e. The lowest BCUT2D eigenvalue weighted by Crippen LogP contribution is -2.42. The van der Waals surface area contributed by atoms with E-state index in [9.17, 15) is 18.0 Å². The zero-order valence-electron chi connectivity index (χ0n) is 11.7. The van der Waals surface area contributed by atoms with Crippen molar-refractivity contribution in [3.05, 3.63) is 29.8 Å². The first-order valence-electron chi connectivity index (χ1n) is 5.89. The third kappa shape index (κ3) is 5.04. The highest BCUT2D eigenvalue weighted by Gasteiger charge is 2.20. The van der Waals surface area contributed by atoms with Gasteiger partial charge in [-0.3, -0.25) is 4.84 Å². The number of urea groups is 1. The number of carbonyl (C=O) groups is 2. The molecule has 0 fully saturated rings. The van der Waals surface area contributed by atoms with Crippen LogP contribution in [0, 0.1) is 6.92 Å². The van der Waals surface area contributed by atoms with Crippen LogP contribution in [0.25, 0.3) is 0 Å². The van der Waals surface area contributed by atoms with Gasteiger partial charge in [-0.25, -0.2) is 28.2 Å². The molecule has 0 aromatic heterocycles. The summed E-state index contributed by atoms with van der Waals surface area (Å²) in [7, 11) is -2.85. The molecule has 21 heavy (non-hydrogen) atoms. The van der Waals surface area contributed by atoms with Crippen LogP contribution in [0.15, 0.2) is 29.2 Å². The molecule has 1 rings (SSSR count). The molecule has 1 unspecified atom stereocenters. The van der Waals surface area contributed by atoms with E-state index < -0.39 is 28.1 Å². The monoisotopic (exact) mass is 316 g/mol. The van der Waals surface area contributed by atoms with Gasteiger partial charge < -0.3 is 4.74 Å². The minimum Gasteiger partial charge on any atom is -0.467 e. The summed E-state index contributed by atoms with van der Waals surface area (Å²) in [6.07, 6.45) is -1.07. The number of esters is 1. The van der Waals surface area contributed by atoms with Gasteiger partial charge in [0, 0.05) is 0 Å². The van der Waals surface area contributed by atoms with Crippen LogP contribution in [0.2, 0.25) is 0 Å². The van der Waals surface area contributed by atoms with E-state index in [1.807, 2.05) is 0 Å². The second-order valence-electron chi connectivity index (χ2n) is 4.13. The van der Waals surface area contributed by atoms with Crippen LogP contribution in [0.4, 0.5) is 4.79 Å². The number of benzene rings is 1. The lowest BCUT2D eigenvalue weighted by molar-refractivity contribution is -0.155. The second-order valence-corrected chi connectivity index (χ2v) is 5.82. The third-order valence-corrected chi connectivity index (χ3v) is 3.77. The molecule has 0 heterocycles. The molecule has 2 N–H and O–H groups in total. The van der Waals surface area contributed by atoms with Crippen LogP contribution < -0.4 is 10.2 Å². The summed E-state index contributed by atoms with van der Waals surface area (Å²) in [4.78, 5) is 27.1. The predicted molar refractivity (Wildman–Crippen MR) is 72.6 cm³/mol. The Morgan fingerprint density at radius 1 is 1.19 bits per heavy atom. The van der Waals surface area contributed by atoms with Gasteiger partial charge >= 0.3 is 12.0 Å². The van der Waals surface area contributed by atoms with Crippen molar-refractivity contribution in [1.29, 1.82) is 0 Å². The maximum atomic E-state index is 11.9. The van der Waals surface area contributed by atoms with Gasteiger partial charge in [-0.15, -0.1) is 0 Å². The van der Waals surface area contributed by atoms with Gasteiger partial charge in [0.05, 0.1) is 12.0 Å². The van der Waals surface area contributed by atoms with E-state index in [2.05, 4.69) is 9.57 Å². The van der Waals surface area contributed by atoms with Gasteiger partial charge in [0.25, 0.3) is 10.0 Å². The van der Waals surface area contributed by atoms with Crippen molar-refractivity contribution in [1.82, 2.24) is 10.2 Å². The number of ether oxygens (including phenoxy) is 1. The Kier molecular flexibility index (Phi) is 5.68. The molecule has 116 valence electrons. The lowest BCUT2D eigenvalue weighted by atomic mass is 10.2. The van der Waals surface area contributed by atoms with Gasteiger partial charge in [-0.2, -0.15) is 0 Å². The average molecular weight is 316 g/mol. The second kappa shape index (κ2) is 7.04. The molecule has 1 atom stereocenters. The molecule has 0 bridgehead atoms. The third-order valence-electron chi connectivity index (χ3n) is 2.42. The number of hydrogen-bond donors (Lipinski definition) is 2. The fourth-order valence-corrected chi connectivity index (χ4v) is 2.17. The molecule has 0 saturated carbocycles. The van der Waals surface area contributed by atoms with Crippen molar-refractivity contribution < 1.29 is 27.6 Å². The lowest BCUT2D eigenvalue weighted by Gasteiger charge is -2.12. The fourth-order valence-electron chi connectivity index (χ4n) is 1.28. The van der Waals surface area contributed by atoms with Gasteiger partial charge in [0.15, 0.2) is 6.10 Å². The molecule has 1 aromatic carbocycles. The summed E-state index contributed by atoms with van der Waals surface area (Å²) in [5.41, 5.74) is 2.69. The zero-order chi connectivity index (χ0) is 16.0. The summed E-state index contributed by atoms with van der Waals surface area (Å²) in [5.74, 6) is -0.711. The van der Waals surface area contributed by atoms with Crippen molar-refractivity contribution >= 4 is 22.0 Å². The Balaban J connectivity index is 2.61.